The number of aliphatic hydroxyl groups excluding tert-OH is 1. The Hall–Kier alpha value is -3.14. The molecule has 0 aromatic carbocycles. The fourth-order valence-corrected chi connectivity index (χ4v) is 10.7. The van der Waals surface area contributed by atoms with E-state index < -0.39 is 76.1 Å². The molecule has 10 nitrogen and oxygen atoms in total. The lowest BCUT2D eigenvalue weighted by Gasteiger charge is -2.70. The van der Waals surface area contributed by atoms with E-state index in [9.17, 15) is 24.3 Å². The third-order valence-electron chi connectivity index (χ3n) is 13.3. The number of carbonyl (C=O) groups is 4. The van der Waals surface area contributed by atoms with Gasteiger partial charge in [0.25, 0.3) is 0 Å². The van der Waals surface area contributed by atoms with Gasteiger partial charge in [-0.15, -0.1) is 0 Å². The van der Waals surface area contributed by atoms with E-state index in [1.54, 1.807) is 12.5 Å². The van der Waals surface area contributed by atoms with Gasteiger partial charge in [-0.2, -0.15) is 0 Å². The van der Waals surface area contributed by atoms with Crippen LogP contribution in [0.2, 0.25) is 0 Å². The SMILES string of the molecule is CCC(C)C(O)C(=O)OC1CC2C(C)(C)C(OC(C)=O)CC(OC(C)=O)C2(C)C2CC(OC(C)=O)C3(C)C(=CCC3c3ccoc3)C12C. The average Bonchev–Trinajstić information content (AvgIpc) is 3.65. The van der Waals surface area contributed by atoms with Gasteiger partial charge in [-0.1, -0.05) is 66.5 Å². The summed E-state index contributed by atoms with van der Waals surface area (Å²) in [4.78, 5) is 51.7. The molecule has 12 atom stereocenters. The van der Waals surface area contributed by atoms with Crippen molar-refractivity contribution in [3.05, 3.63) is 35.8 Å². The van der Waals surface area contributed by atoms with Crippen molar-refractivity contribution in [1.29, 1.82) is 0 Å². The zero-order valence-corrected chi connectivity index (χ0v) is 30.2. The molecule has 0 amide bonds. The summed E-state index contributed by atoms with van der Waals surface area (Å²) in [6.07, 6.45) is 4.21. The smallest absolute Gasteiger partial charge is 0.335 e. The first kappa shape index (κ1) is 36.1. The highest BCUT2D eigenvalue weighted by molar-refractivity contribution is 5.75. The molecular weight excluding hydrogens is 616 g/mol. The van der Waals surface area contributed by atoms with Crippen LogP contribution in [0.4, 0.5) is 0 Å². The van der Waals surface area contributed by atoms with Crippen LogP contribution in [0.25, 0.3) is 0 Å². The summed E-state index contributed by atoms with van der Waals surface area (Å²) >= 11 is 0. The predicted octanol–water partition coefficient (Wildman–Crippen LogP) is 6.30. The van der Waals surface area contributed by atoms with E-state index >= 15 is 0 Å². The summed E-state index contributed by atoms with van der Waals surface area (Å²) in [7, 11) is 0. The maximum Gasteiger partial charge on any atom is 0.335 e. The monoisotopic (exact) mass is 670 g/mol. The van der Waals surface area contributed by atoms with Crippen LogP contribution < -0.4 is 0 Å². The van der Waals surface area contributed by atoms with E-state index in [1.165, 1.54) is 20.8 Å². The molecular formula is C38H54O10. The summed E-state index contributed by atoms with van der Waals surface area (Å²) in [5.74, 6) is -2.88. The average molecular weight is 671 g/mol. The van der Waals surface area contributed by atoms with Gasteiger partial charge in [0.1, 0.15) is 24.4 Å². The number of furan rings is 1. The van der Waals surface area contributed by atoms with E-state index in [0.717, 1.165) is 11.1 Å². The number of allylic oxidation sites excluding steroid dienone is 1. The van der Waals surface area contributed by atoms with Crippen molar-refractivity contribution >= 4 is 23.9 Å². The van der Waals surface area contributed by atoms with Crippen LogP contribution in [0.1, 0.15) is 113 Å². The highest BCUT2D eigenvalue weighted by Crippen LogP contribution is 2.74. The fourth-order valence-electron chi connectivity index (χ4n) is 10.7. The van der Waals surface area contributed by atoms with Gasteiger partial charge in [-0.05, 0) is 48.6 Å². The molecule has 0 bridgehead atoms. The van der Waals surface area contributed by atoms with Crippen LogP contribution in [-0.2, 0) is 38.1 Å². The maximum atomic E-state index is 13.8. The first-order valence-electron chi connectivity index (χ1n) is 17.5. The van der Waals surface area contributed by atoms with Crippen molar-refractivity contribution in [3.63, 3.8) is 0 Å². The molecule has 1 aromatic rings. The van der Waals surface area contributed by atoms with Gasteiger partial charge >= 0.3 is 23.9 Å². The number of hydrogen-bond acceptors (Lipinski definition) is 10. The molecule has 1 heterocycles. The van der Waals surface area contributed by atoms with Crippen molar-refractivity contribution in [2.45, 2.75) is 138 Å². The summed E-state index contributed by atoms with van der Waals surface area (Å²) < 4.78 is 30.4. The zero-order valence-electron chi connectivity index (χ0n) is 30.2. The second kappa shape index (κ2) is 12.6. The quantitative estimate of drug-likeness (QED) is 0.191. The Morgan fingerprint density at radius 3 is 1.96 bits per heavy atom. The second-order valence-electron chi connectivity index (χ2n) is 16.1. The van der Waals surface area contributed by atoms with Gasteiger partial charge in [-0.25, -0.2) is 4.79 Å². The van der Waals surface area contributed by atoms with E-state index in [0.29, 0.717) is 32.1 Å². The van der Waals surface area contributed by atoms with Gasteiger partial charge in [0, 0.05) is 54.8 Å². The molecule has 0 saturated heterocycles. The molecule has 0 aliphatic heterocycles. The molecule has 3 saturated carbocycles. The molecule has 5 rings (SSSR count). The summed E-state index contributed by atoms with van der Waals surface area (Å²) in [5, 5.41) is 11.0. The molecule has 10 heteroatoms. The third kappa shape index (κ3) is 5.50. The molecule has 0 radical (unpaired) electrons. The Morgan fingerprint density at radius 2 is 1.40 bits per heavy atom. The molecule has 3 fully saturated rings. The Balaban J connectivity index is 1.73. The number of hydrogen-bond donors (Lipinski definition) is 1. The van der Waals surface area contributed by atoms with Crippen molar-refractivity contribution < 1.29 is 47.6 Å². The molecule has 1 aromatic heterocycles. The molecule has 0 spiro atoms. The van der Waals surface area contributed by atoms with Crippen molar-refractivity contribution in [3.8, 4) is 0 Å². The summed E-state index contributed by atoms with van der Waals surface area (Å²) in [6, 6.07) is 1.94. The molecule has 4 aliphatic carbocycles. The van der Waals surface area contributed by atoms with Crippen molar-refractivity contribution in [1.82, 2.24) is 0 Å². The first-order chi connectivity index (χ1) is 22.3. The Kier molecular flexibility index (Phi) is 9.51. The summed E-state index contributed by atoms with van der Waals surface area (Å²) in [5.41, 5.74) is -0.800. The molecule has 12 unspecified atom stereocenters. The van der Waals surface area contributed by atoms with E-state index in [1.807, 2.05) is 19.9 Å². The molecule has 4 aliphatic rings. The zero-order chi connectivity index (χ0) is 35.6. The molecule has 266 valence electrons. The van der Waals surface area contributed by atoms with Gasteiger partial charge in [-0.3, -0.25) is 14.4 Å². The van der Waals surface area contributed by atoms with Crippen LogP contribution >= 0.6 is 0 Å². The highest BCUT2D eigenvalue weighted by atomic mass is 16.6. The Morgan fingerprint density at radius 1 is 0.833 bits per heavy atom. The number of aliphatic hydroxyl groups is 1. The van der Waals surface area contributed by atoms with Gasteiger partial charge in [0.05, 0.1) is 12.5 Å². The molecule has 48 heavy (non-hydrogen) atoms. The minimum atomic E-state index is -1.30. The van der Waals surface area contributed by atoms with Crippen LogP contribution in [-0.4, -0.2) is 59.5 Å². The largest absolute Gasteiger partial charge is 0.472 e. The number of carbonyl (C=O) groups excluding carboxylic acids is 4. The number of rotatable bonds is 8. The maximum absolute atomic E-state index is 13.8. The van der Waals surface area contributed by atoms with Gasteiger partial charge < -0.3 is 28.5 Å². The highest BCUT2D eigenvalue weighted by Gasteiger charge is 2.74. The standard InChI is InChI=1S/C38H54O10/c1-11-20(2)33(42)34(43)48-31-16-27-35(6,7)29(45-21(3)39)18-32(47-23(5)41)38(27,10)28-17-30(46-22(4)40)36(8)25(24-14-15-44-19-24)12-13-26(36)37(28,31)9/h13-15,19-20,25,27-33,42H,11-12,16-18H2,1-10H3. The number of ether oxygens (including phenoxy) is 4. The Labute approximate surface area is 284 Å². The Bertz CT molecular complexity index is 1440. The van der Waals surface area contributed by atoms with Crippen LogP contribution in [0.5, 0.6) is 0 Å². The third-order valence-corrected chi connectivity index (χ3v) is 13.3. The first-order valence-corrected chi connectivity index (χ1v) is 17.5. The molecule has 1 N–H and O–H groups in total. The second-order valence-corrected chi connectivity index (χ2v) is 16.1. The lowest BCUT2D eigenvalue weighted by molar-refractivity contribution is -0.270. The van der Waals surface area contributed by atoms with Gasteiger partial charge in [0.2, 0.25) is 0 Å². The van der Waals surface area contributed by atoms with E-state index in [-0.39, 0.29) is 23.7 Å². The van der Waals surface area contributed by atoms with Gasteiger partial charge in [0.15, 0.2) is 6.10 Å². The number of fused-ring (bicyclic) bond motifs is 5. The summed E-state index contributed by atoms with van der Waals surface area (Å²) in [6.45, 7) is 18.4. The topological polar surface area (TPSA) is 139 Å². The van der Waals surface area contributed by atoms with E-state index in [4.69, 9.17) is 23.4 Å². The normalized spacial score (nSPS) is 39.4. The van der Waals surface area contributed by atoms with Crippen LogP contribution in [0, 0.1) is 39.4 Å². The van der Waals surface area contributed by atoms with Crippen LogP contribution in [0.15, 0.2) is 34.7 Å². The van der Waals surface area contributed by atoms with Crippen molar-refractivity contribution in [2.75, 3.05) is 0 Å². The lowest BCUT2D eigenvalue weighted by atomic mass is 9.36. The lowest BCUT2D eigenvalue weighted by Crippen LogP contribution is -2.72. The minimum Gasteiger partial charge on any atom is -0.472 e. The predicted molar refractivity (Wildman–Crippen MR) is 175 cm³/mol. The minimum absolute atomic E-state index is 0.0682. The van der Waals surface area contributed by atoms with Crippen molar-refractivity contribution in [2.24, 2.45) is 39.4 Å². The van der Waals surface area contributed by atoms with E-state index in [2.05, 4.69) is 40.7 Å². The van der Waals surface area contributed by atoms with Crippen LogP contribution in [0.3, 0.4) is 0 Å². The fraction of sp³-hybridized carbons (Fsp3) is 0.737. The number of esters is 4.